The van der Waals surface area contributed by atoms with E-state index < -0.39 is 0 Å². The number of pyridine rings is 1. The second-order valence-corrected chi connectivity index (χ2v) is 5.48. The van der Waals surface area contributed by atoms with E-state index in [4.69, 9.17) is 16.3 Å². The monoisotopic (exact) mass is 323 g/mol. The van der Waals surface area contributed by atoms with Crippen LogP contribution in [0.4, 0.5) is 0 Å². The first-order valence-electron chi connectivity index (χ1n) is 7.07. The highest BCUT2D eigenvalue weighted by molar-refractivity contribution is 6.31. The minimum Gasteiger partial charge on any atom is -0.465 e. The Kier molecular flexibility index (Phi) is 4.40. The molecule has 0 saturated carbocycles. The van der Waals surface area contributed by atoms with E-state index in [0.717, 1.165) is 26.9 Å². The lowest BCUT2D eigenvalue weighted by molar-refractivity contribution is 0.0600. The van der Waals surface area contributed by atoms with E-state index in [1.807, 2.05) is 42.5 Å². The number of methoxy groups -OCH3 is 1. The molecule has 23 heavy (non-hydrogen) atoms. The third-order valence-electron chi connectivity index (χ3n) is 3.54. The van der Waals surface area contributed by atoms with Crippen LogP contribution in [0.5, 0.6) is 0 Å². The lowest BCUT2D eigenvalue weighted by Crippen LogP contribution is -2.03. The third-order valence-corrected chi connectivity index (χ3v) is 3.77. The number of fused-ring (bicyclic) bond motifs is 1. The maximum atomic E-state index is 11.8. The van der Waals surface area contributed by atoms with Gasteiger partial charge in [0.15, 0.2) is 0 Å². The molecule has 3 rings (SSSR count). The van der Waals surface area contributed by atoms with Crippen molar-refractivity contribution >= 4 is 40.5 Å². The molecular formula is C19H14ClNO2. The van der Waals surface area contributed by atoms with E-state index in [1.165, 1.54) is 7.11 Å². The van der Waals surface area contributed by atoms with Gasteiger partial charge in [0.1, 0.15) is 0 Å². The Hall–Kier alpha value is -2.65. The minimum absolute atomic E-state index is 0.375. The molecule has 0 aliphatic carbocycles. The Morgan fingerprint density at radius 1 is 1.09 bits per heavy atom. The summed E-state index contributed by atoms with van der Waals surface area (Å²) in [5.74, 6) is -0.375. The number of hydrogen-bond donors (Lipinski definition) is 0. The van der Waals surface area contributed by atoms with Crippen molar-refractivity contribution in [3.63, 3.8) is 0 Å². The number of nitrogens with zero attached hydrogens (tertiary/aromatic N) is 1. The number of rotatable bonds is 3. The van der Waals surface area contributed by atoms with Gasteiger partial charge in [-0.05, 0) is 40.6 Å². The maximum absolute atomic E-state index is 11.8. The number of carbonyl (C=O) groups excluding carboxylic acids is 1. The molecule has 0 radical (unpaired) electrons. The molecular weight excluding hydrogens is 310 g/mol. The molecule has 2 aromatic carbocycles. The number of ether oxygens (including phenoxy) is 1. The van der Waals surface area contributed by atoms with Gasteiger partial charge in [0.05, 0.1) is 12.7 Å². The van der Waals surface area contributed by atoms with Crippen molar-refractivity contribution < 1.29 is 9.53 Å². The van der Waals surface area contributed by atoms with Crippen molar-refractivity contribution in [2.75, 3.05) is 7.11 Å². The molecule has 3 aromatic rings. The van der Waals surface area contributed by atoms with Crippen molar-refractivity contribution in [3.8, 4) is 0 Å². The number of benzene rings is 2. The first kappa shape index (κ1) is 15.3. The topological polar surface area (TPSA) is 39.2 Å². The molecule has 0 atom stereocenters. The zero-order valence-electron chi connectivity index (χ0n) is 12.5. The Balaban J connectivity index is 1.94. The Morgan fingerprint density at radius 3 is 2.70 bits per heavy atom. The molecule has 0 bridgehead atoms. The number of carbonyl (C=O) groups is 1. The van der Waals surface area contributed by atoms with Crippen LogP contribution >= 0.6 is 11.6 Å². The van der Waals surface area contributed by atoms with E-state index in [9.17, 15) is 4.79 Å². The Labute approximate surface area is 139 Å². The van der Waals surface area contributed by atoms with Gasteiger partial charge in [-0.15, -0.1) is 0 Å². The average molecular weight is 324 g/mol. The molecule has 4 heteroatoms. The summed E-state index contributed by atoms with van der Waals surface area (Å²) in [6.07, 6.45) is 7.01. The maximum Gasteiger partial charge on any atom is 0.338 e. The highest BCUT2D eigenvalue weighted by Gasteiger charge is 2.09. The van der Waals surface area contributed by atoms with Gasteiger partial charge in [0, 0.05) is 23.0 Å². The number of hydrogen-bond acceptors (Lipinski definition) is 3. The van der Waals surface area contributed by atoms with Crippen LogP contribution in [0.3, 0.4) is 0 Å². The Bertz CT molecular complexity index is 903. The van der Waals surface area contributed by atoms with Crippen molar-refractivity contribution in [1.29, 1.82) is 0 Å². The van der Waals surface area contributed by atoms with Gasteiger partial charge in [0.2, 0.25) is 0 Å². The first-order valence-corrected chi connectivity index (χ1v) is 7.45. The highest BCUT2D eigenvalue weighted by Crippen LogP contribution is 2.22. The fourth-order valence-corrected chi connectivity index (χ4v) is 2.54. The molecule has 0 aliphatic heterocycles. The number of halogens is 1. The van der Waals surface area contributed by atoms with Gasteiger partial charge in [-0.2, -0.15) is 0 Å². The molecule has 114 valence electrons. The van der Waals surface area contributed by atoms with Crippen LogP contribution in [0.1, 0.15) is 21.5 Å². The molecule has 3 nitrogen and oxygen atoms in total. The van der Waals surface area contributed by atoms with Gasteiger partial charge in [0.25, 0.3) is 0 Å². The fourth-order valence-electron chi connectivity index (χ4n) is 2.36. The van der Waals surface area contributed by atoms with Crippen molar-refractivity contribution in [2.45, 2.75) is 0 Å². The number of aromatic nitrogens is 1. The highest BCUT2D eigenvalue weighted by atomic mass is 35.5. The second kappa shape index (κ2) is 6.63. The van der Waals surface area contributed by atoms with Crippen LogP contribution in [0.2, 0.25) is 5.02 Å². The predicted molar refractivity (Wildman–Crippen MR) is 93.5 cm³/mol. The fraction of sp³-hybridized carbons (Fsp3) is 0.0526. The molecule has 0 fully saturated rings. The normalized spacial score (nSPS) is 11.0. The number of esters is 1. The summed E-state index contributed by atoms with van der Waals surface area (Å²) in [7, 11) is 1.37. The first-order chi connectivity index (χ1) is 11.2. The zero-order valence-corrected chi connectivity index (χ0v) is 13.2. The van der Waals surface area contributed by atoms with Crippen LogP contribution < -0.4 is 0 Å². The van der Waals surface area contributed by atoms with E-state index in [-0.39, 0.29) is 5.97 Å². The van der Waals surface area contributed by atoms with E-state index >= 15 is 0 Å². The summed E-state index contributed by atoms with van der Waals surface area (Å²) >= 11 is 6.00. The van der Waals surface area contributed by atoms with E-state index in [1.54, 1.807) is 18.5 Å². The molecule has 0 N–H and O–H groups in total. The molecule has 0 spiro atoms. The summed E-state index contributed by atoms with van der Waals surface area (Å²) in [5, 5.41) is 2.92. The summed E-state index contributed by atoms with van der Waals surface area (Å²) in [4.78, 5) is 15.8. The van der Waals surface area contributed by atoms with Crippen LogP contribution in [-0.2, 0) is 4.74 Å². The van der Waals surface area contributed by atoms with Crippen LogP contribution in [-0.4, -0.2) is 18.1 Å². The summed E-state index contributed by atoms with van der Waals surface area (Å²) in [6.45, 7) is 0. The van der Waals surface area contributed by atoms with Crippen molar-refractivity contribution in [2.24, 2.45) is 0 Å². The zero-order chi connectivity index (χ0) is 16.2. The standard InChI is InChI=1S/C19H14ClNO2/c1-23-19(22)18-8-9-21-12-16(18)5-3-13-2-4-15-11-17(20)7-6-14(15)10-13/h2-12H,1H3. The largest absolute Gasteiger partial charge is 0.465 e. The molecule has 0 unspecified atom stereocenters. The lowest BCUT2D eigenvalue weighted by Gasteiger charge is -2.03. The average Bonchev–Trinajstić information content (AvgIpc) is 2.59. The van der Waals surface area contributed by atoms with Gasteiger partial charge in [-0.1, -0.05) is 42.0 Å². The van der Waals surface area contributed by atoms with Crippen molar-refractivity contribution in [3.05, 3.63) is 76.6 Å². The van der Waals surface area contributed by atoms with Crippen molar-refractivity contribution in [1.82, 2.24) is 4.98 Å². The molecule has 1 aromatic heterocycles. The summed E-state index contributed by atoms with van der Waals surface area (Å²) in [6, 6.07) is 13.5. The molecule has 1 heterocycles. The lowest BCUT2D eigenvalue weighted by atomic mass is 10.0. The van der Waals surface area contributed by atoms with Crippen LogP contribution in [0, 0.1) is 0 Å². The SMILES string of the molecule is COC(=O)c1ccncc1C=Cc1ccc2cc(Cl)ccc2c1. The van der Waals surface area contributed by atoms with Gasteiger partial charge < -0.3 is 4.74 Å². The predicted octanol–water partition coefficient (Wildman–Crippen LogP) is 4.85. The summed E-state index contributed by atoms with van der Waals surface area (Å²) in [5.41, 5.74) is 2.24. The van der Waals surface area contributed by atoms with E-state index in [2.05, 4.69) is 11.1 Å². The minimum atomic E-state index is -0.375. The molecule has 0 amide bonds. The van der Waals surface area contributed by atoms with Gasteiger partial charge in [-0.25, -0.2) is 4.79 Å². The quantitative estimate of drug-likeness (QED) is 0.647. The van der Waals surface area contributed by atoms with Crippen LogP contribution in [0.15, 0.2) is 54.9 Å². The second-order valence-electron chi connectivity index (χ2n) is 5.04. The molecule has 0 aliphatic rings. The van der Waals surface area contributed by atoms with E-state index in [0.29, 0.717) is 5.56 Å². The third kappa shape index (κ3) is 3.41. The summed E-state index contributed by atoms with van der Waals surface area (Å²) < 4.78 is 4.78. The van der Waals surface area contributed by atoms with Gasteiger partial charge >= 0.3 is 5.97 Å². The Morgan fingerprint density at radius 2 is 1.87 bits per heavy atom. The van der Waals surface area contributed by atoms with Crippen LogP contribution in [0.25, 0.3) is 22.9 Å². The van der Waals surface area contributed by atoms with Gasteiger partial charge in [-0.3, -0.25) is 4.98 Å². The molecule has 0 saturated heterocycles. The smallest absolute Gasteiger partial charge is 0.338 e.